The predicted molar refractivity (Wildman–Crippen MR) is 75.8 cm³/mol. The minimum Gasteiger partial charge on any atom is -0.312 e. The first-order valence-electron chi connectivity index (χ1n) is 6.63. The van der Waals surface area contributed by atoms with Crippen molar-refractivity contribution in [2.75, 3.05) is 25.0 Å². The Labute approximate surface area is 117 Å². The second-order valence-electron chi connectivity index (χ2n) is 5.05. The van der Waals surface area contributed by atoms with Gasteiger partial charge in [0.2, 0.25) is 0 Å². The van der Waals surface area contributed by atoms with Gasteiger partial charge in [-0.2, -0.15) is 0 Å². The van der Waals surface area contributed by atoms with E-state index in [2.05, 4.69) is 15.6 Å². The number of nitrogens with zero attached hydrogens (tertiary/aromatic N) is 4. The van der Waals surface area contributed by atoms with E-state index < -0.39 is 0 Å². The summed E-state index contributed by atoms with van der Waals surface area (Å²) in [6.45, 7) is 3.74. The lowest BCUT2D eigenvalue weighted by Gasteiger charge is -2.26. The standard InChI is InChI=1S/C14H17N5O/c1-10-5-3-4-6-13(10)18(2)14(20)12-9-19(17-16-12)11-7-15-8-11/h3-6,9,11,15H,7-8H2,1-2H3. The molecule has 1 saturated heterocycles. The molecular formula is C14H17N5O. The number of aryl methyl sites for hydroxylation is 1. The van der Waals surface area contributed by atoms with Crippen LogP contribution in [-0.2, 0) is 0 Å². The molecule has 1 aromatic heterocycles. The van der Waals surface area contributed by atoms with E-state index >= 15 is 0 Å². The Morgan fingerprint density at radius 1 is 1.40 bits per heavy atom. The number of amides is 1. The van der Waals surface area contributed by atoms with Crippen molar-refractivity contribution >= 4 is 11.6 Å². The molecule has 6 nitrogen and oxygen atoms in total. The number of para-hydroxylation sites is 1. The highest BCUT2D eigenvalue weighted by Crippen LogP contribution is 2.19. The van der Waals surface area contributed by atoms with Crippen molar-refractivity contribution in [2.24, 2.45) is 0 Å². The van der Waals surface area contributed by atoms with Crippen molar-refractivity contribution in [3.05, 3.63) is 41.7 Å². The van der Waals surface area contributed by atoms with Gasteiger partial charge in [-0.3, -0.25) is 4.79 Å². The SMILES string of the molecule is Cc1ccccc1N(C)C(=O)c1cn(C2CNC2)nn1. The third kappa shape index (κ3) is 2.18. The van der Waals surface area contributed by atoms with Gasteiger partial charge in [0.05, 0.1) is 12.2 Å². The third-order valence-corrected chi connectivity index (χ3v) is 3.64. The maximum Gasteiger partial charge on any atom is 0.280 e. The van der Waals surface area contributed by atoms with Crippen molar-refractivity contribution < 1.29 is 4.79 Å². The first-order valence-corrected chi connectivity index (χ1v) is 6.63. The van der Waals surface area contributed by atoms with Gasteiger partial charge < -0.3 is 10.2 Å². The number of anilines is 1. The fourth-order valence-electron chi connectivity index (χ4n) is 2.23. The van der Waals surface area contributed by atoms with Gasteiger partial charge in [0.15, 0.2) is 5.69 Å². The van der Waals surface area contributed by atoms with Gasteiger partial charge in [-0.15, -0.1) is 5.10 Å². The van der Waals surface area contributed by atoms with Crippen LogP contribution >= 0.6 is 0 Å². The molecule has 1 aliphatic heterocycles. The zero-order chi connectivity index (χ0) is 14.1. The van der Waals surface area contributed by atoms with Crippen LogP contribution in [0.25, 0.3) is 0 Å². The summed E-state index contributed by atoms with van der Waals surface area (Å²) in [5, 5.41) is 11.2. The molecule has 0 bridgehead atoms. The molecule has 0 radical (unpaired) electrons. The largest absolute Gasteiger partial charge is 0.312 e. The highest BCUT2D eigenvalue weighted by molar-refractivity contribution is 6.04. The Hall–Kier alpha value is -2.21. The molecule has 1 fully saturated rings. The van der Waals surface area contributed by atoms with Crippen molar-refractivity contribution in [3.8, 4) is 0 Å². The second kappa shape index (κ2) is 5.05. The predicted octanol–water partition coefficient (Wildman–Crippen LogP) is 1.01. The number of hydrogen-bond acceptors (Lipinski definition) is 4. The first kappa shape index (κ1) is 12.8. The molecule has 104 valence electrons. The van der Waals surface area contributed by atoms with Crippen LogP contribution in [0.1, 0.15) is 22.1 Å². The average Bonchev–Trinajstić information content (AvgIpc) is 2.85. The van der Waals surface area contributed by atoms with Crippen LogP contribution < -0.4 is 10.2 Å². The average molecular weight is 271 g/mol. The van der Waals surface area contributed by atoms with Crippen LogP contribution in [0.4, 0.5) is 5.69 Å². The number of benzene rings is 1. The van der Waals surface area contributed by atoms with Gasteiger partial charge in [0.25, 0.3) is 5.91 Å². The van der Waals surface area contributed by atoms with E-state index in [1.54, 1.807) is 22.8 Å². The fourth-order valence-corrected chi connectivity index (χ4v) is 2.23. The summed E-state index contributed by atoms with van der Waals surface area (Å²) >= 11 is 0. The summed E-state index contributed by atoms with van der Waals surface area (Å²) in [5.41, 5.74) is 2.32. The zero-order valence-electron chi connectivity index (χ0n) is 11.6. The normalized spacial score (nSPS) is 14.9. The second-order valence-corrected chi connectivity index (χ2v) is 5.05. The Kier molecular flexibility index (Phi) is 3.23. The molecule has 20 heavy (non-hydrogen) atoms. The monoisotopic (exact) mass is 271 g/mol. The van der Waals surface area contributed by atoms with Gasteiger partial charge >= 0.3 is 0 Å². The van der Waals surface area contributed by atoms with E-state index in [-0.39, 0.29) is 5.91 Å². The Balaban J connectivity index is 1.81. The molecule has 0 unspecified atom stereocenters. The molecule has 1 N–H and O–H groups in total. The summed E-state index contributed by atoms with van der Waals surface area (Å²) in [6.07, 6.45) is 1.72. The number of aromatic nitrogens is 3. The molecule has 6 heteroatoms. The molecule has 1 amide bonds. The lowest BCUT2D eigenvalue weighted by atomic mass is 10.2. The zero-order valence-corrected chi connectivity index (χ0v) is 11.6. The van der Waals surface area contributed by atoms with E-state index in [9.17, 15) is 4.79 Å². The molecule has 3 rings (SSSR count). The number of rotatable bonds is 3. The Morgan fingerprint density at radius 3 is 2.80 bits per heavy atom. The molecule has 1 aliphatic rings. The highest BCUT2D eigenvalue weighted by Gasteiger charge is 2.23. The lowest BCUT2D eigenvalue weighted by molar-refractivity contribution is 0.0988. The smallest absolute Gasteiger partial charge is 0.280 e. The van der Waals surface area contributed by atoms with E-state index in [1.165, 1.54) is 0 Å². The summed E-state index contributed by atoms with van der Waals surface area (Å²) in [7, 11) is 1.76. The molecule has 0 atom stereocenters. The minimum atomic E-state index is -0.141. The van der Waals surface area contributed by atoms with E-state index in [1.807, 2.05) is 31.2 Å². The van der Waals surface area contributed by atoms with Crippen molar-refractivity contribution in [1.82, 2.24) is 20.3 Å². The van der Waals surface area contributed by atoms with Crippen LogP contribution in [0.5, 0.6) is 0 Å². The van der Waals surface area contributed by atoms with Gasteiger partial charge in [-0.05, 0) is 18.6 Å². The van der Waals surface area contributed by atoms with Crippen LogP contribution in [0.3, 0.4) is 0 Å². The summed E-state index contributed by atoms with van der Waals surface area (Å²) in [4.78, 5) is 14.0. The molecule has 2 aromatic rings. The minimum absolute atomic E-state index is 0.141. The first-order chi connectivity index (χ1) is 9.66. The number of carbonyl (C=O) groups is 1. The van der Waals surface area contributed by atoms with E-state index in [4.69, 9.17) is 0 Å². The maximum atomic E-state index is 12.4. The van der Waals surface area contributed by atoms with Crippen LogP contribution in [0.15, 0.2) is 30.5 Å². The fraction of sp³-hybridized carbons (Fsp3) is 0.357. The van der Waals surface area contributed by atoms with Gasteiger partial charge in [0, 0.05) is 25.8 Å². The lowest BCUT2D eigenvalue weighted by Crippen LogP contribution is -2.43. The molecule has 0 spiro atoms. The maximum absolute atomic E-state index is 12.4. The molecule has 0 saturated carbocycles. The van der Waals surface area contributed by atoms with Crippen LogP contribution in [-0.4, -0.2) is 41.0 Å². The van der Waals surface area contributed by atoms with Crippen molar-refractivity contribution in [2.45, 2.75) is 13.0 Å². The topological polar surface area (TPSA) is 63.1 Å². The number of hydrogen-bond donors (Lipinski definition) is 1. The van der Waals surface area contributed by atoms with Crippen LogP contribution in [0.2, 0.25) is 0 Å². The summed E-state index contributed by atoms with van der Waals surface area (Å²) < 4.78 is 1.76. The summed E-state index contributed by atoms with van der Waals surface area (Å²) in [6, 6.07) is 8.09. The Morgan fingerprint density at radius 2 is 2.15 bits per heavy atom. The molecule has 0 aliphatic carbocycles. The molecule has 1 aromatic carbocycles. The van der Waals surface area contributed by atoms with Crippen molar-refractivity contribution in [3.63, 3.8) is 0 Å². The highest BCUT2D eigenvalue weighted by atomic mass is 16.2. The van der Waals surface area contributed by atoms with Gasteiger partial charge in [0.1, 0.15) is 0 Å². The quantitative estimate of drug-likeness (QED) is 0.905. The van der Waals surface area contributed by atoms with Gasteiger partial charge in [-0.25, -0.2) is 4.68 Å². The van der Waals surface area contributed by atoms with Gasteiger partial charge in [-0.1, -0.05) is 23.4 Å². The summed E-state index contributed by atoms with van der Waals surface area (Å²) in [5.74, 6) is -0.141. The third-order valence-electron chi connectivity index (χ3n) is 3.64. The van der Waals surface area contributed by atoms with Crippen molar-refractivity contribution in [1.29, 1.82) is 0 Å². The van der Waals surface area contributed by atoms with E-state index in [0.717, 1.165) is 24.3 Å². The van der Waals surface area contributed by atoms with E-state index in [0.29, 0.717) is 11.7 Å². The number of carbonyl (C=O) groups excluding carboxylic acids is 1. The van der Waals surface area contributed by atoms with Crippen LogP contribution in [0, 0.1) is 6.92 Å². The Bertz CT molecular complexity index is 632. The molecule has 2 heterocycles. The molecular weight excluding hydrogens is 254 g/mol. The number of nitrogens with one attached hydrogen (secondary N) is 1.